The minimum atomic E-state index is -2.85. The van der Waals surface area contributed by atoms with Gasteiger partial charge in [0.2, 0.25) is 5.91 Å². The second kappa shape index (κ2) is 9.34. The van der Waals surface area contributed by atoms with Crippen LogP contribution < -0.4 is 20.1 Å². The first-order valence-corrected chi connectivity index (χ1v) is 7.37. The summed E-state index contributed by atoms with van der Waals surface area (Å²) in [5.41, 5.74) is 0.632. The molecule has 0 bridgehead atoms. The Kier molecular flexibility index (Phi) is 6.82. The van der Waals surface area contributed by atoms with E-state index in [1.807, 2.05) is 30.3 Å². The Labute approximate surface area is 138 Å². The minimum absolute atomic E-state index is 0.0677. The number of nitrogens with one attached hydrogen (secondary N) is 2. The van der Waals surface area contributed by atoms with Crippen molar-refractivity contribution >= 4 is 11.6 Å². The zero-order chi connectivity index (χ0) is 17.2. The Morgan fingerprint density at radius 2 is 1.71 bits per heavy atom. The van der Waals surface area contributed by atoms with Gasteiger partial charge in [-0.15, -0.1) is 0 Å². The lowest BCUT2D eigenvalue weighted by Crippen LogP contribution is -2.32. The number of amides is 1. The van der Waals surface area contributed by atoms with Gasteiger partial charge in [-0.2, -0.15) is 8.78 Å². The van der Waals surface area contributed by atoms with Gasteiger partial charge in [-0.1, -0.05) is 18.2 Å². The predicted octanol–water partition coefficient (Wildman–Crippen LogP) is 2.90. The number of carbonyl (C=O) groups excluding carboxylic acids is 1. The predicted molar refractivity (Wildman–Crippen MR) is 86.5 cm³/mol. The fourth-order valence-electron chi connectivity index (χ4n) is 1.88. The fourth-order valence-corrected chi connectivity index (χ4v) is 1.88. The highest BCUT2D eigenvalue weighted by Crippen LogP contribution is 2.17. The molecule has 2 N–H and O–H groups in total. The van der Waals surface area contributed by atoms with Gasteiger partial charge >= 0.3 is 6.61 Å². The van der Waals surface area contributed by atoms with Crippen molar-refractivity contribution in [3.05, 3.63) is 54.6 Å². The first kappa shape index (κ1) is 17.5. The highest BCUT2D eigenvalue weighted by Gasteiger charge is 2.04. The van der Waals surface area contributed by atoms with Crippen LogP contribution in [0.15, 0.2) is 54.6 Å². The van der Waals surface area contributed by atoms with Crippen molar-refractivity contribution in [3.63, 3.8) is 0 Å². The Bertz CT molecular complexity index is 621. The van der Waals surface area contributed by atoms with Crippen molar-refractivity contribution in [2.45, 2.75) is 6.61 Å². The van der Waals surface area contributed by atoms with Gasteiger partial charge in [0.1, 0.15) is 18.1 Å². The SMILES string of the molecule is O=C(CNc1ccc(OC(F)F)cc1)NCCOc1ccccc1. The average molecular weight is 336 g/mol. The Morgan fingerprint density at radius 1 is 1.00 bits per heavy atom. The average Bonchev–Trinajstić information content (AvgIpc) is 2.58. The molecule has 128 valence electrons. The summed E-state index contributed by atoms with van der Waals surface area (Å²) in [6.07, 6.45) is 0. The standard InChI is InChI=1S/C17H18F2N2O3/c18-17(19)24-15-8-6-13(7-9-15)21-12-16(22)20-10-11-23-14-4-2-1-3-5-14/h1-9,17,21H,10-12H2,(H,20,22). The van der Waals surface area contributed by atoms with E-state index >= 15 is 0 Å². The van der Waals surface area contributed by atoms with Crippen LogP contribution in [0.25, 0.3) is 0 Å². The van der Waals surface area contributed by atoms with E-state index < -0.39 is 6.61 Å². The minimum Gasteiger partial charge on any atom is -0.492 e. The number of carbonyl (C=O) groups is 1. The van der Waals surface area contributed by atoms with Gasteiger partial charge in [-0.25, -0.2) is 0 Å². The number of anilines is 1. The molecule has 0 aromatic heterocycles. The van der Waals surface area contributed by atoms with E-state index in [0.29, 0.717) is 18.8 Å². The van der Waals surface area contributed by atoms with E-state index in [2.05, 4.69) is 15.4 Å². The van der Waals surface area contributed by atoms with Crippen LogP contribution in [-0.2, 0) is 4.79 Å². The summed E-state index contributed by atoms with van der Waals surface area (Å²) in [7, 11) is 0. The van der Waals surface area contributed by atoms with Gasteiger partial charge in [0.05, 0.1) is 13.1 Å². The normalized spacial score (nSPS) is 10.3. The molecule has 7 heteroatoms. The first-order chi connectivity index (χ1) is 11.6. The van der Waals surface area contributed by atoms with Crippen LogP contribution in [0.5, 0.6) is 11.5 Å². The molecular formula is C17H18F2N2O3. The number of rotatable bonds is 9. The maximum atomic E-state index is 12.0. The number of benzene rings is 2. The molecule has 0 heterocycles. The lowest BCUT2D eigenvalue weighted by molar-refractivity contribution is -0.119. The third-order valence-corrected chi connectivity index (χ3v) is 2.97. The molecule has 0 unspecified atom stereocenters. The molecule has 2 rings (SSSR count). The summed E-state index contributed by atoms with van der Waals surface area (Å²) in [5, 5.41) is 5.60. The monoisotopic (exact) mass is 336 g/mol. The molecule has 0 aliphatic heterocycles. The molecule has 0 saturated carbocycles. The van der Waals surface area contributed by atoms with Gasteiger partial charge < -0.3 is 20.1 Å². The van der Waals surface area contributed by atoms with Gasteiger partial charge in [-0.3, -0.25) is 4.79 Å². The lowest BCUT2D eigenvalue weighted by Gasteiger charge is -2.10. The maximum absolute atomic E-state index is 12.0. The number of hydrogen-bond donors (Lipinski definition) is 2. The van der Waals surface area contributed by atoms with Gasteiger partial charge in [0.15, 0.2) is 0 Å². The number of hydrogen-bond acceptors (Lipinski definition) is 4. The van der Waals surface area contributed by atoms with E-state index in [1.165, 1.54) is 12.1 Å². The Balaban J connectivity index is 1.62. The lowest BCUT2D eigenvalue weighted by atomic mass is 10.3. The van der Waals surface area contributed by atoms with E-state index in [9.17, 15) is 13.6 Å². The van der Waals surface area contributed by atoms with Crippen LogP contribution >= 0.6 is 0 Å². The number of ether oxygens (including phenoxy) is 2. The zero-order valence-electron chi connectivity index (χ0n) is 12.9. The molecule has 0 aliphatic carbocycles. The highest BCUT2D eigenvalue weighted by atomic mass is 19.3. The molecule has 2 aromatic carbocycles. The molecule has 24 heavy (non-hydrogen) atoms. The third-order valence-electron chi connectivity index (χ3n) is 2.97. The number of para-hydroxylation sites is 1. The van der Waals surface area contributed by atoms with Crippen LogP contribution in [-0.4, -0.2) is 32.2 Å². The van der Waals surface area contributed by atoms with Crippen LogP contribution in [0.4, 0.5) is 14.5 Å². The fraction of sp³-hybridized carbons (Fsp3) is 0.235. The molecule has 1 amide bonds. The van der Waals surface area contributed by atoms with Crippen molar-refractivity contribution in [2.75, 3.05) is 25.0 Å². The van der Waals surface area contributed by atoms with E-state index in [4.69, 9.17) is 4.74 Å². The van der Waals surface area contributed by atoms with Gasteiger partial charge in [0, 0.05) is 5.69 Å². The maximum Gasteiger partial charge on any atom is 0.387 e. The summed E-state index contributed by atoms with van der Waals surface area (Å²) in [5.74, 6) is 0.619. The van der Waals surface area contributed by atoms with Gasteiger partial charge in [-0.05, 0) is 36.4 Å². The summed E-state index contributed by atoms with van der Waals surface area (Å²) in [4.78, 5) is 11.7. The quantitative estimate of drug-likeness (QED) is 0.691. The summed E-state index contributed by atoms with van der Waals surface area (Å²) >= 11 is 0. The van der Waals surface area contributed by atoms with Gasteiger partial charge in [0.25, 0.3) is 0 Å². The Hall–Kier alpha value is -2.83. The van der Waals surface area contributed by atoms with Crippen LogP contribution in [0, 0.1) is 0 Å². The largest absolute Gasteiger partial charge is 0.492 e. The van der Waals surface area contributed by atoms with E-state index in [1.54, 1.807) is 12.1 Å². The number of alkyl halides is 2. The molecule has 5 nitrogen and oxygen atoms in total. The summed E-state index contributed by atoms with van der Waals surface area (Å²) in [6.45, 7) is -2.03. The summed E-state index contributed by atoms with van der Waals surface area (Å²) < 4.78 is 33.8. The second-order valence-corrected chi connectivity index (χ2v) is 4.77. The van der Waals surface area contributed by atoms with Crippen molar-refractivity contribution in [1.29, 1.82) is 0 Å². The second-order valence-electron chi connectivity index (χ2n) is 4.77. The molecule has 0 fully saturated rings. The van der Waals surface area contributed by atoms with E-state index in [-0.39, 0.29) is 18.2 Å². The molecule has 2 aromatic rings. The Morgan fingerprint density at radius 3 is 2.38 bits per heavy atom. The van der Waals surface area contributed by atoms with Crippen molar-refractivity contribution in [1.82, 2.24) is 5.32 Å². The molecular weight excluding hydrogens is 318 g/mol. The van der Waals surface area contributed by atoms with Crippen molar-refractivity contribution < 1.29 is 23.0 Å². The van der Waals surface area contributed by atoms with E-state index in [0.717, 1.165) is 5.75 Å². The first-order valence-electron chi connectivity index (χ1n) is 7.37. The molecule has 0 aliphatic rings. The van der Waals surface area contributed by atoms with Crippen LogP contribution in [0.1, 0.15) is 0 Å². The molecule has 0 saturated heterocycles. The smallest absolute Gasteiger partial charge is 0.387 e. The van der Waals surface area contributed by atoms with Crippen molar-refractivity contribution in [3.8, 4) is 11.5 Å². The van der Waals surface area contributed by atoms with Crippen molar-refractivity contribution in [2.24, 2.45) is 0 Å². The molecule has 0 atom stereocenters. The highest BCUT2D eigenvalue weighted by molar-refractivity contribution is 5.80. The summed E-state index contributed by atoms with van der Waals surface area (Å²) in [6, 6.07) is 15.2. The number of halogens is 2. The molecule has 0 radical (unpaired) electrons. The van der Waals surface area contributed by atoms with Crippen LogP contribution in [0.3, 0.4) is 0 Å². The third kappa shape index (κ3) is 6.51. The zero-order valence-corrected chi connectivity index (χ0v) is 12.9. The topological polar surface area (TPSA) is 59.6 Å². The van der Waals surface area contributed by atoms with Crippen LogP contribution in [0.2, 0.25) is 0 Å². The molecule has 0 spiro atoms.